The average Bonchev–Trinajstić information content (AvgIpc) is 2.89. The van der Waals surface area contributed by atoms with Crippen molar-refractivity contribution in [1.29, 1.82) is 0 Å². The van der Waals surface area contributed by atoms with E-state index in [0.717, 1.165) is 0 Å². The summed E-state index contributed by atoms with van der Waals surface area (Å²) in [6.07, 6.45) is 0. The number of halogens is 1. The molecule has 23 heavy (non-hydrogen) atoms. The summed E-state index contributed by atoms with van der Waals surface area (Å²) in [5.74, 6) is 0.587. The maximum absolute atomic E-state index is 11.4. The van der Waals surface area contributed by atoms with Crippen LogP contribution < -0.4 is 0 Å². The molecular weight excluding hydrogens is 334 g/mol. The number of hydrogen-bond acceptors (Lipinski definition) is 6. The van der Waals surface area contributed by atoms with Crippen molar-refractivity contribution in [3.8, 4) is 0 Å². The molecule has 0 saturated carbocycles. The van der Waals surface area contributed by atoms with Gasteiger partial charge in [-0.15, -0.1) is 4.91 Å². The monoisotopic (exact) mass is 353 g/mol. The third kappa shape index (κ3) is 3.03. The van der Waals surface area contributed by atoms with Crippen LogP contribution in [0.15, 0.2) is 21.7 Å². The summed E-state index contributed by atoms with van der Waals surface area (Å²) >= 11 is 11.9. The van der Waals surface area contributed by atoms with Gasteiger partial charge in [0, 0.05) is 5.41 Å². The first kappa shape index (κ1) is 18.0. The van der Waals surface area contributed by atoms with Gasteiger partial charge >= 0.3 is 0 Å². The highest BCUT2D eigenvalue weighted by Crippen LogP contribution is 2.34. The lowest BCUT2D eigenvalue weighted by Gasteiger charge is -2.30. The first-order valence-electron chi connectivity index (χ1n) is 7.18. The molecule has 124 valence electrons. The van der Waals surface area contributed by atoms with E-state index in [2.05, 4.69) is 10.2 Å². The first-order chi connectivity index (χ1) is 10.5. The van der Waals surface area contributed by atoms with Gasteiger partial charge in [-0.3, -0.25) is 4.90 Å². The molecule has 0 spiro atoms. The van der Waals surface area contributed by atoms with Crippen LogP contribution in [0.4, 0.5) is 0 Å². The quantitative estimate of drug-likeness (QED) is 0.458. The fourth-order valence-electron chi connectivity index (χ4n) is 2.06. The lowest BCUT2D eigenvalue weighted by molar-refractivity contribution is 0.263. The number of oxazole rings is 1. The molecule has 1 unspecified atom stereocenters. The topological polar surface area (TPSA) is 58.7 Å². The van der Waals surface area contributed by atoms with Crippen LogP contribution in [-0.2, 0) is 5.41 Å². The van der Waals surface area contributed by atoms with Gasteiger partial charge in [0.05, 0.1) is 15.5 Å². The number of fused-ring (bicyclic) bond motifs is 1. The third-order valence-corrected chi connectivity index (χ3v) is 4.76. The van der Waals surface area contributed by atoms with Crippen molar-refractivity contribution in [3.63, 3.8) is 0 Å². The van der Waals surface area contributed by atoms with Gasteiger partial charge in [0.1, 0.15) is 5.52 Å². The highest BCUT2D eigenvalue weighted by atomic mass is 35.5. The predicted molar refractivity (Wildman–Crippen MR) is 97.3 cm³/mol. The Morgan fingerprint density at radius 2 is 1.91 bits per heavy atom. The number of nitroso groups, excluding NO2 is 1. The van der Waals surface area contributed by atoms with Gasteiger partial charge in [-0.05, 0) is 38.3 Å². The molecule has 7 heteroatoms. The Balaban J connectivity index is 2.73. The molecule has 1 atom stereocenters. The maximum atomic E-state index is 11.4. The molecule has 1 heterocycles. The van der Waals surface area contributed by atoms with Gasteiger partial charge in [0.25, 0.3) is 0 Å². The van der Waals surface area contributed by atoms with E-state index in [4.69, 9.17) is 28.2 Å². The second-order valence-corrected chi connectivity index (χ2v) is 7.69. The summed E-state index contributed by atoms with van der Waals surface area (Å²) in [5, 5.41) is 3.63. The highest BCUT2D eigenvalue weighted by Gasteiger charge is 2.37. The normalized spacial score (nSPS) is 15.0. The minimum absolute atomic E-state index is 0.252. The van der Waals surface area contributed by atoms with Gasteiger partial charge in [0.15, 0.2) is 11.2 Å². The van der Waals surface area contributed by atoms with Crippen LogP contribution in [0, 0.1) is 4.91 Å². The van der Waals surface area contributed by atoms with Crippen LogP contribution >= 0.6 is 23.8 Å². The highest BCUT2D eigenvalue weighted by molar-refractivity contribution is 7.81. The minimum atomic E-state index is -1.21. The summed E-state index contributed by atoms with van der Waals surface area (Å²) in [6, 6.07) is 3.49. The largest absolute Gasteiger partial charge is 0.439 e. The third-order valence-electron chi connectivity index (χ3n) is 3.85. The lowest BCUT2D eigenvalue weighted by Crippen LogP contribution is -2.46. The van der Waals surface area contributed by atoms with Crippen LogP contribution in [0.5, 0.6) is 0 Å². The Hall–Kier alpha value is -1.37. The second-order valence-electron chi connectivity index (χ2n) is 6.88. The van der Waals surface area contributed by atoms with Gasteiger partial charge in [0.2, 0.25) is 5.89 Å². The van der Waals surface area contributed by atoms with E-state index in [1.807, 2.05) is 20.8 Å². The van der Waals surface area contributed by atoms with Crippen molar-refractivity contribution in [2.45, 2.75) is 38.8 Å². The van der Waals surface area contributed by atoms with E-state index in [0.29, 0.717) is 32.4 Å². The van der Waals surface area contributed by atoms with Gasteiger partial charge in [-0.25, -0.2) is 4.98 Å². The maximum Gasteiger partial charge on any atom is 0.200 e. The number of benzene rings is 1. The smallest absolute Gasteiger partial charge is 0.200 e. The van der Waals surface area contributed by atoms with Gasteiger partial charge < -0.3 is 4.42 Å². The first-order valence-corrected chi connectivity index (χ1v) is 7.97. The summed E-state index contributed by atoms with van der Waals surface area (Å²) in [7, 11) is 3.48. The van der Waals surface area contributed by atoms with E-state index >= 15 is 0 Å². The van der Waals surface area contributed by atoms with Gasteiger partial charge in [-0.2, -0.15) is 0 Å². The standard InChI is InChI=1S/C16H20ClN3O2S/c1-15(2,3)14-18-10-8-7-9(17)11(12(10)22-14)13(23)16(4,19-21)20(5)6/h7-8H,1-6H3. The molecule has 1 aromatic carbocycles. The predicted octanol–water partition coefficient (Wildman–Crippen LogP) is 4.54. The van der Waals surface area contributed by atoms with Gasteiger partial charge in [-0.1, -0.05) is 44.6 Å². The van der Waals surface area contributed by atoms with Crippen LogP contribution in [-0.4, -0.2) is 34.5 Å². The zero-order valence-electron chi connectivity index (χ0n) is 14.1. The molecule has 1 aromatic heterocycles. The van der Waals surface area contributed by atoms with E-state index < -0.39 is 5.66 Å². The minimum Gasteiger partial charge on any atom is -0.439 e. The summed E-state index contributed by atoms with van der Waals surface area (Å²) < 4.78 is 5.94. The Kier molecular flexibility index (Phi) is 4.63. The zero-order chi connectivity index (χ0) is 17.6. The van der Waals surface area contributed by atoms with Crippen molar-refractivity contribution < 1.29 is 4.42 Å². The number of rotatable bonds is 4. The number of likely N-dealkylation sites (N-methyl/N-ethyl adjacent to an activating group) is 1. The molecular formula is C16H20ClN3O2S. The number of aromatic nitrogens is 1. The van der Waals surface area contributed by atoms with Crippen LogP contribution in [0.25, 0.3) is 11.1 Å². The molecule has 0 aliphatic carbocycles. The zero-order valence-corrected chi connectivity index (χ0v) is 15.7. The number of nitrogens with zero attached hydrogens (tertiary/aromatic N) is 3. The molecule has 0 bridgehead atoms. The second kappa shape index (κ2) is 5.92. The molecule has 0 aliphatic heterocycles. The SMILES string of the molecule is CN(C)C(C)(N=O)C(=S)c1c(Cl)ccc2nc(C(C)(C)C)oc12. The Morgan fingerprint density at radius 1 is 1.30 bits per heavy atom. The molecule has 0 saturated heterocycles. The molecule has 0 N–H and O–H groups in total. The van der Waals surface area contributed by atoms with Crippen LogP contribution in [0.2, 0.25) is 5.02 Å². The lowest BCUT2D eigenvalue weighted by atomic mass is 9.97. The van der Waals surface area contributed by atoms with E-state index in [-0.39, 0.29) is 5.41 Å². The Labute approximate surface area is 146 Å². The van der Waals surface area contributed by atoms with E-state index in [9.17, 15) is 4.91 Å². The molecule has 0 fully saturated rings. The van der Waals surface area contributed by atoms with E-state index in [1.54, 1.807) is 38.1 Å². The van der Waals surface area contributed by atoms with Crippen molar-refractivity contribution in [1.82, 2.24) is 9.88 Å². The number of hydrogen-bond donors (Lipinski definition) is 0. The summed E-state index contributed by atoms with van der Waals surface area (Å²) in [6.45, 7) is 7.68. The number of thiocarbonyl (C=S) groups is 1. The van der Waals surface area contributed by atoms with Crippen LogP contribution in [0.3, 0.4) is 0 Å². The molecule has 2 rings (SSSR count). The molecule has 2 aromatic rings. The van der Waals surface area contributed by atoms with E-state index in [1.165, 1.54) is 0 Å². The Morgan fingerprint density at radius 3 is 2.39 bits per heavy atom. The average molecular weight is 354 g/mol. The Bertz CT molecular complexity index is 779. The van der Waals surface area contributed by atoms with Crippen molar-refractivity contribution in [2.24, 2.45) is 5.18 Å². The fraction of sp³-hybridized carbons (Fsp3) is 0.500. The summed E-state index contributed by atoms with van der Waals surface area (Å²) in [4.78, 5) is 17.9. The fourth-order valence-corrected chi connectivity index (χ4v) is 2.79. The molecule has 0 aliphatic rings. The van der Waals surface area contributed by atoms with Crippen LogP contribution in [0.1, 0.15) is 39.1 Å². The molecule has 5 nitrogen and oxygen atoms in total. The van der Waals surface area contributed by atoms with Crippen molar-refractivity contribution in [2.75, 3.05) is 14.1 Å². The van der Waals surface area contributed by atoms with Crippen molar-refractivity contribution >= 4 is 39.8 Å². The van der Waals surface area contributed by atoms with Crippen molar-refractivity contribution in [3.05, 3.63) is 33.5 Å². The molecule has 0 radical (unpaired) electrons. The summed E-state index contributed by atoms with van der Waals surface area (Å²) in [5.41, 5.74) is 0.186. The molecule has 0 amide bonds.